The number of hydrogen-bond acceptors (Lipinski definition) is 6. The molecule has 124 valence electrons. The molecule has 2 heterocycles. The predicted molar refractivity (Wildman–Crippen MR) is 101 cm³/mol. The van der Waals surface area contributed by atoms with Crippen molar-refractivity contribution in [2.45, 2.75) is 0 Å². The van der Waals surface area contributed by atoms with Crippen LogP contribution in [0.15, 0.2) is 71.5 Å². The molecule has 7 heteroatoms. The first-order chi connectivity index (χ1) is 12.8. The molecule has 0 unspecified atom stereocenters. The number of hydrogen-bond donors (Lipinski definition) is 0. The van der Waals surface area contributed by atoms with Crippen molar-refractivity contribution in [3.05, 3.63) is 77.0 Å². The van der Waals surface area contributed by atoms with E-state index in [-0.39, 0.29) is 5.43 Å². The van der Waals surface area contributed by atoms with Gasteiger partial charge in [-0.05, 0) is 12.1 Å². The van der Waals surface area contributed by atoms with Gasteiger partial charge in [0.25, 0.3) is 0 Å². The minimum Gasteiger partial charge on any atom is -0.287 e. The fourth-order valence-corrected chi connectivity index (χ4v) is 3.47. The second kappa shape index (κ2) is 5.82. The van der Waals surface area contributed by atoms with Gasteiger partial charge in [-0.3, -0.25) is 4.79 Å². The van der Waals surface area contributed by atoms with Gasteiger partial charge < -0.3 is 0 Å². The van der Waals surface area contributed by atoms with Gasteiger partial charge in [0, 0.05) is 11.6 Å². The molecule has 2 aromatic carbocycles. The average Bonchev–Trinajstić information content (AvgIpc) is 3.20. The summed E-state index contributed by atoms with van der Waals surface area (Å²) in [6.45, 7) is 0. The second-order valence-corrected chi connectivity index (χ2v) is 6.28. The quantitative estimate of drug-likeness (QED) is 0.484. The summed E-state index contributed by atoms with van der Waals surface area (Å²) >= 11 is 1.02. The fourth-order valence-electron chi connectivity index (χ4n) is 2.91. The lowest BCUT2D eigenvalue weighted by molar-refractivity contribution is 0.829. The fraction of sp³-hybridized carbons (Fsp3) is 0. The Kier molecular flexibility index (Phi) is 3.32. The number of nitrogens with zero attached hydrogens (tertiary/aromatic N) is 5. The van der Waals surface area contributed by atoms with E-state index in [2.05, 4.69) is 8.75 Å². The molecule has 0 atom stereocenters. The number of rotatable bonds is 2. The Balaban J connectivity index is 1.92. The van der Waals surface area contributed by atoms with Crippen LogP contribution >= 0.6 is 11.7 Å². The van der Waals surface area contributed by atoms with Crippen LogP contribution in [0.1, 0.15) is 0 Å². The molecule has 6 nitrogen and oxygen atoms in total. The summed E-state index contributed by atoms with van der Waals surface area (Å²) in [5, 5.41) is 4.70. The molecule has 0 N–H and O–H groups in total. The summed E-state index contributed by atoms with van der Waals surface area (Å²) < 4.78 is 10.2. The van der Waals surface area contributed by atoms with Crippen LogP contribution in [0.2, 0.25) is 0 Å². The van der Waals surface area contributed by atoms with Gasteiger partial charge >= 0.3 is 0 Å². The van der Waals surface area contributed by atoms with E-state index in [1.807, 2.05) is 60.7 Å². The molecule has 3 aromatic rings. The van der Waals surface area contributed by atoms with Gasteiger partial charge in [-0.15, -0.1) is 5.10 Å². The van der Waals surface area contributed by atoms with Crippen molar-refractivity contribution < 1.29 is 0 Å². The summed E-state index contributed by atoms with van der Waals surface area (Å²) in [5.74, 6) is 0.565. The minimum absolute atomic E-state index is 0.179. The van der Waals surface area contributed by atoms with Crippen molar-refractivity contribution in [1.29, 1.82) is 0 Å². The van der Waals surface area contributed by atoms with Crippen molar-refractivity contribution in [3.8, 4) is 28.5 Å². The molecule has 1 aromatic heterocycles. The van der Waals surface area contributed by atoms with Gasteiger partial charge in [0.15, 0.2) is 11.3 Å². The Morgan fingerprint density at radius 1 is 0.846 bits per heavy atom. The normalized spacial score (nSPS) is 11.2. The Bertz CT molecular complexity index is 1250. The van der Waals surface area contributed by atoms with Crippen molar-refractivity contribution in [1.82, 2.24) is 23.5 Å². The maximum absolute atomic E-state index is 12.4. The summed E-state index contributed by atoms with van der Waals surface area (Å²) in [4.78, 5) is 17.1. The van der Waals surface area contributed by atoms with E-state index in [9.17, 15) is 4.79 Å². The lowest BCUT2D eigenvalue weighted by Gasteiger charge is -2.15. The van der Waals surface area contributed by atoms with Crippen LogP contribution in [0.4, 0.5) is 0 Å². The molecule has 0 bridgehead atoms. The van der Waals surface area contributed by atoms with Crippen LogP contribution in [-0.4, -0.2) is 23.5 Å². The topological polar surface area (TPSA) is 73.6 Å². The van der Waals surface area contributed by atoms with E-state index >= 15 is 0 Å². The minimum atomic E-state index is -0.179. The highest BCUT2D eigenvalue weighted by Gasteiger charge is 2.21. The number of benzene rings is 3. The van der Waals surface area contributed by atoms with Crippen LogP contribution in [0, 0.1) is 0 Å². The number of fused-ring (bicyclic) bond motifs is 3. The molecule has 0 radical (unpaired) electrons. The third-order valence-electron chi connectivity index (χ3n) is 4.13. The lowest BCUT2D eigenvalue weighted by Crippen LogP contribution is -2.14. The summed E-state index contributed by atoms with van der Waals surface area (Å²) in [7, 11) is 0. The molecule has 1 aliphatic heterocycles. The molecule has 5 rings (SSSR count). The smallest absolute Gasteiger partial charge is 0.209 e. The third-order valence-corrected chi connectivity index (χ3v) is 4.66. The standard InChI is InChI=1S/C19H11N5OS/c25-15-11-14-16(18-17(15)22-26-23-18)20-19(12-7-3-1-4-8-12)21-24(14)13-9-5-2-6-10-13/h1-11H. The highest BCUT2D eigenvalue weighted by molar-refractivity contribution is 7.00. The van der Waals surface area contributed by atoms with Gasteiger partial charge in [0.05, 0.1) is 23.1 Å². The zero-order valence-electron chi connectivity index (χ0n) is 13.4. The van der Waals surface area contributed by atoms with Crippen LogP contribution in [-0.2, 0) is 0 Å². The molecule has 2 aliphatic rings. The molecular weight excluding hydrogens is 346 g/mol. The van der Waals surface area contributed by atoms with E-state index in [1.54, 1.807) is 4.68 Å². The van der Waals surface area contributed by atoms with E-state index in [4.69, 9.17) is 10.1 Å². The zero-order chi connectivity index (χ0) is 17.5. The largest absolute Gasteiger partial charge is 0.287 e. The van der Waals surface area contributed by atoms with Gasteiger partial charge in [0.1, 0.15) is 11.2 Å². The molecule has 0 spiro atoms. The Labute approximate surface area is 152 Å². The van der Waals surface area contributed by atoms with Gasteiger partial charge in [-0.1, -0.05) is 48.5 Å². The Hall–Kier alpha value is -3.45. The first-order valence-electron chi connectivity index (χ1n) is 7.98. The van der Waals surface area contributed by atoms with Gasteiger partial charge in [0.2, 0.25) is 5.43 Å². The van der Waals surface area contributed by atoms with Crippen LogP contribution in [0.5, 0.6) is 0 Å². The molecular formula is C19H11N5OS. The summed E-state index contributed by atoms with van der Waals surface area (Å²) in [6.07, 6.45) is 0. The Morgan fingerprint density at radius 2 is 1.54 bits per heavy atom. The van der Waals surface area contributed by atoms with Crippen LogP contribution < -0.4 is 5.43 Å². The average molecular weight is 357 g/mol. The van der Waals surface area contributed by atoms with E-state index in [0.29, 0.717) is 28.2 Å². The van der Waals surface area contributed by atoms with Crippen molar-refractivity contribution in [2.75, 3.05) is 0 Å². The maximum atomic E-state index is 12.4. The Morgan fingerprint density at radius 3 is 2.31 bits per heavy atom. The van der Waals surface area contributed by atoms with Gasteiger partial charge in [-0.2, -0.15) is 8.75 Å². The number of para-hydroxylation sites is 1. The van der Waals surface area contributed by atoms with Crippen LogP contribution in [0.3, 0.4) is 0 Å². The monoisotopic (exact) mass is 357 g/mol. The SMILES string of the molecule is O=c1cc2n(-c3ccccc3)nc(-c3ccccc3)nc-2c2nsnc12. The second-order valence-electron chi connectivity index (χ2n) is 5.75. The molecule has 0 fully saturated rings. The molecule has 0 amide bonds. The van der Waals surface area contributed by atoms with E-state index in [1.165, 1.54) is 6.07 Å². The summed E-state index contributed by atoms with van der Waals surface area (Å²) in [5.41, 5.74) is 3.65. The highest BCUT2D eigenvalue weighted by Crippen LogP contribution is 2.29. The molecule has 0 saturated heterocycles. The molecule has 0 saturated carbocycles. The highest BCUT2D eigenvalue weighted by atomic mass is 32.1. The molecule has 26 heavy (non-hydrogen) atoms. The zero-order valence-corrected chi connectivity index (χ0v) is 14.2. The molecule has 1 aliphatic carbocycles. The van der Waals surface area contributed by atoms with Crippen molar-refractivity contribution >= 4 is 22.8 Å². The van der Waals surface area contributed by atoms with Crippen LogP contribution in [0.25, 0.3) is 39.5 Å². The lowest BCUT2D eigenvalue weighted by atomic mass is 10.1. The van der Waals surface area contributed by atoms with E-state index in [0.717, 1.165) is 23.0 Å². The maximum Gasteiger partial charge on any atom is 0.209 e. The first-order valence-corrected chi connectivity index (χ1v) is 8.71. The third kappa shape index (κ3) is 2.29. The summed E-state index contributed by atoms with van der Waals surface area (Å²) in [6, 6.07) is 20.9. The van der Waals surface area contributed by atoms with Gasteiger partial charge in [-0.25, -0.2) is 9.67 Å². The first kappa shape index (κ1) is 14.9. The van der Waals surface area contributed by atoms with E-state index < -0.39 is 0 Å². The van der Waals surface area contributed by atoms with Crippen molar-refractivity contribution in [2.24, 2.45) is 0 Å². The number of aromatic nitrogens is 5. The van der Waals surface area contributed by atoms with Crippen molar-refractivity contribution in [3.63, 3.8) is 0 Å². The predicted octanol–water partition coefficient (Wildman–Crippen LogP) is 3.40.